The highest BCUT2D eigenvalue weighted by molar-refractivity contribution is 4.94. The predicted molar refractivity (Wildman–Crippen MR) is 90.9 cm³/mol. The van der Waals surface area contributed by atoms with Gasteiger partial charge in [0.15, 0.2) is 0 Å². The molecule has 0 amide bonds. The van der Waals surface area contributed by atoms with Crippen LogP contribution < -0.4 is 0 Å². The molecule has 0 heterocycles. The maximum atomic E-state index is 3.46. The Hall–Kier alpha value is -0.780. The molecule has 0 aromatic rings. The summed E-state index contributed by atoms with van der Waals surface area (Å²) in [5.41, 5.74) is 0. The van der Waals surface area contributed by atoms with Gasteiger partial charge in [-0.1, -0.05) is 92.7 Å². The first kappa shape index (κ1) is 36.0. The van der Waals surface area contributed by atoms with Crippen LogP contribution in [0.15, 0.2) is 37.5 Å². The largest absolute Gasteiger partial charge is 0.103 e. The maximum absolute atomic E-state index is 3.46. The Kier molecular flexibility index (Phi) is 366. The van der Waals surface area contributed by atoms with Crippen molar-refractivity contribution in [3.8, 4) is 0 Å². The van der Waals surface area contributed by atoms with Crippen LogP contribution in [0.1, 0.15) is 75.7 Å². The molecule has 0 heteroatoms. The van der Waals surface area contributed by atoms with E-state index in [0.29, 0.717) is 0 Å². The Morgan fingerprint density at radius 3 is 0.941 bits per heavy atom. The van der Waals surface area contributed by atoms with Crippen LogP contribution in [0.5, 0.6) is 0 Å². The fourth-order valence-corrected chi connectivity index (χ4v) is 0.136. The minimum absolute atomic E-state index is 1.25. The first-order valence-corrected chi connectivity index (χ1v) is 7.05. The summed E-state index contributed by atoms with van der Waals surface area (Å²) < 4.78 is 0. The molecular weight excluding hydrogens is 204 g/mol. The molecule has 0 bridgehead atoms. The molecule has 0 spiro atoms. The molecule has 17 heavy (non-hydrogen) atoms. The molecule has 0 unspecified atom stereocenters. The van der Waals surface area contributed by atoms with Crippen molar-refractivity contribution in [1.29, 1.82) is 0 Å². The van der Waals surface area contributed by atoms with Crippen molar-refractivity contribution in [2.24, 2.45) is 0 Å². The van der Waals surface area contributed by atoms with Gasteiger partial charge in [0.25, 0.3) is 0 Å². The van der Waals surface area contributed by atoms with E-state index in [1.54, 1.807) is 12.2 Å². The normalized spacial score (nSPS) is 5.53. The van der Waals surface area contributed by atoms with Crippen molar-refractivity contribution in [3.63, 3.8) is 0 Å². The molecule has 0 atom stereocenters. The molecule has 0 radical (unpaired) electrons. The highest BCUT2D eigenvalue weighted by Crippen LogP contribution is 1.64. The molecule has 0 aromatic heterocycles. The number of allylic oxidation sites excluding steroid dienone is 4. The maximum Gasteiger partial charge on any atom is -0.0467 e. The van der Waals surface area contributed by atoms with E-state index in [-0.39, 0.29) is 0 Å². The topological polar surface area (TPSA) is 0 Å². The fourth-order valence-electron chi connectivity index (χ4n) is 0.136. The van der Waals surface area contributed by atoms with Crippen molar-refractivity contribution in [2.45, 2.75) is 75.7 Å². The molecule has 108 valence electrons. The highest BCUT2D eigenvalue weighted by atomic mass is 13.5. The van der Waals surface area contributed by atoms with Gasteiger partial charge in [-0.25, -0.2) is 0 Å². The molecule has 0 nitrogen and oxygen atoms in total. The summed E-state index contributed by atoms with van der Waals surface area (Å²) in [5, 5.41) is 0. The summed E-state index contributed by atoms with van der Waals surface area (Å²) in [6.07, 6.45) is 8.58. The van der Waals surface area contributed by atoms with Gasteiger partial charge in [0.05, 0.1) is 0 Å². The third-order valence-corrected chi connectivity index (χ3v) is 0.329. The lowest BCUT2D eigenvalue weighted by atomic mass is 10.5. The van der Waals surface area contributed by atoms with E-state index in [9.17, 15) is 0 Å². The average Bonchev–Trinajstić information content (AvgIpc) is 2.39. The summed E-state index contributed by atoms with van der Waals surface area (Å²) >= 11 is 0. The Morgan fingerprint density at radius 2 is 0.941 bits per heavy atom. The van der Waals surface area contributed by atoms with Crippen molar-refractivity contribution < 1.29 is 0 Å². The molecule has 0 saturated heterocycles. The summed E-state index contributed by atoms with van der Waals surface area (Å²) in [5.74, 6) is 0. The third-order valence-electron chi connectivity index (χ3n) is 0.329. The molecule has 0 saturated carbocycles. The Morgan fingerprint density at radius 1 is 0.765 bits per heavy atom. The van der Waals surface area contributed by atoms with Crippen LogP contribution in [-0.4, -0.2) is 0 Å². The van der Waals surface area contributed by atoms with Crippen LogP contribution >= 0.6 is 0 Å². The van der Waals surface area contributed by atoms with Gasteiger partial charge >= 0.3 is 0 Å². The van der Waals surface area contributed by atoms with E-state index in [1.807, 2.05) is 67.5 Å². The Balaban J connectivity index is -0.0000000225. The van der Waals surface area contributed by atoms with Crippen LogP contribution in [0, 0.1) is 0 Å². The van der Waals surface area contributed by atoms with E-state index < -0.39 is 0 Å². The first-order chi connectivity index (χ1) is 8.24. The lowest BCUT2D eigenvalue weighted by Gasteiger charge is -1.56. The highest BCUT2D eigenvalue weighted by Gasteiger charge is 1.42. The van der Waals surface area contributed by atoms with Crippen molar-refractivity contribution in [3.05, 3.63) is 37.5 Å². The zero-order chi connectivity index (χ0) is 15.5. The first-order valence-electron chi connectivity index (χ1n) is 7.05. The lowest BCUT2D eigenvalue weighted by molar-refractivity contribution is 1.09. The van der Waals surface area contributed by atoms with E-state index >= 15 is 0 Å². The minimum Gasteiger partial charge on any atom is -0.103 e. The molecule has 0 aliphatic rings. The molecule has 0 N–H and O–H groups in total. The fraction of sp³-hybridized carbons (Fsp3) is 0.647. The molecule has 0 aliphatic heterocycles. The van der Waals surface area contributed by atoms with Crippen LogP contribution in [0.4, 0.5) is 0 Å². The van der Waals surface area contributed by atoms with Crippen molar-refractivity contribution >= 4 is 0 Å². The van der Waals surface area contributed by atoms with E-state index in [1.165, 1.54) is 6.42 Å². The minimum atomic E-state index is 1.25. The lowest BCUT2D eigenvalue weighted by Crippen LogP contribution is -1.33. The van der Waals surface area contributed by atoms with Crippen LogP contribution in [0.2, 0.25) is 0 Å². The van der Waals surface area contributed by atoms with Gasteiger partial charge < -0.3 is 0 Å². The van der Waals surface area contributed by atoms with Gasteiger partial charge in [-0.3, -0.25) is 0 Å². The van der Waals surface area contributed by atoms with Crippen molar-refractivity contribution in [2.75, 3.05) is 0 Å². The Labute approximate surface area is 114 Å². The standard InChI is InChI=1S/C5H8.C3H8.C3H6.3C2H6/c1-3-5-4-2;2*1-3-2;3*1-2/h3-5H,1H2,2H3;3H2,1-2H3;3H,1H2,2H3;3*1-2H3/b5-4-;;;;;. The van der Waals surface area contributed by atoms with Gasteiger partial charge in [-0.15, -0.1) is 6.58 Å². The number of hydrogen-bond donors (Lipinski definition) is 0. The zero-order valence-corrected chi connectivity index (χ0v) is 14.4. The van der Waals surface area contributed by atoms with Gasteiger partial charge in [0.1, 0.15) is 0 Å². The van der Waals surface area contributed by atoms with Crippen LogP contribution in [0.3, 0.4) is 0 Å². The molecule has 0 fully saturated rings. The smallest absolute Gasteiger partial charge is 0.0467 e. The summed E-state index contributed by atoms with van der Waals surface area (Å²) in [7, 11) is 0. The molecule has 0 aliphatic carbocycles. The van der Waals surface area contributed by atoms with Gasteiger partial charge in [0, 0.05) is 0 Å². The monoisotopic (exact) mass is 244 g/mol. The molecule has 0 aromatic carbocycles. The average molecular weight is 245 g/mol. The zero-order valence-electron chi connectivity index (χ0n) is 14.4. The van der Waals surface area contributed by atoms with E-state index in [0.717, 1.165) is 0 Å². The summed E-state index contributed by atoms with van der Waals surface area (Å²) in [6.45, 7) is 26.9. The van der Waals surface area contributed by atoms with Crippen LogP contribution in [-0.2, 0) is 0 Å². The molecular formula is C17H40. The van der Waals surface area contributed by atoms with Gasteiger partial charge in [0.2, 0.25) is 0 Å². The Bertz CT molecular complexity index is 78.0. The van der Waals surface area contributed by atoms with Gasteiger partial charge in [-0.05, 0) is 13.8 Å². The second-order valence-electron chi connectivity index (χ2n) is 1.88. The summed E-state index contributed by atoms with van der Waals surface area (Å²) in [4.78, 5) is 0. The van der Waals surface area contributed by atoms with Crippen molar-refractivity contribution in [1.82, 2.24) is 0 Å². The van der Waals surface area contributed by atoms with E-state index in [4.69, 9.17) is 0 Å². The van der Waals surface area contributed by atoms with Gasteiger partial charge in [-0.2, -0.15) is 0 Å². The quantitative estimate of drug-likeness (QED) is 0.332. The number of hydrogen-bond acceptors (Lipinski definition) is 0. The summed E-state index contributed by atoms with van der Waals surface area (Å²) in [6, 6.07) is 0. The predicted octanol–water partition coefficient (Wildman–Crippen LogP) is 7.44. The van der Waals surface area contributed by atoms with E-state index in [2.05, 4.69) is 27.0 Å². The second-order valence-corrected chi connectivity index (χ2v) is 1.88. The third kappa shape index (κ3) is 1790. The van der Waals surface area contributed by atoms with Crippen LogP contribution in [0.25, 0.3) is 0 Å². The molecule has 0 rings (SSSR count). The SMILES string of the molecule is C=C/C=C\C.C=CC.CC.CC.CC.CCC. The second kappa shape index (κ2) is 173. The number of rotatable bonds is 1.